The first-order chi connectivity index (χ1) is 13.3. The minimum atomic E-state index is -0.0577. The average Bonchev–Trinajstić information content (AvgIpc) is 3.39. The van der Waals surface area contributed by atoms with Gasteiger partial charge in [0.25, 0.3) is 5.91 Å². The molecule has 0 aliphatic carbocycles. The van der Waals surface area contributed by atoms with Crippen LogP contribution in [0.4, 0.5) is 0 Å². The number of amides is 1. The molecule has 1 N–H and O–H groups in total. The number of carbonyl (C=O) groups is 1. The Morgan fingerprint density at radius 2 is 1.96 bits per heavy atom. The molecule has 0 saturated carbocycles. The van der Waals surface area contributed by atoms with Gasteiger partial charge in [-0.1, -0.05) is 0 Å². The molecular weight excluding hydrogens is 473 g/mol. The van der Waals surface area contributed by atoms with Gasteiger partial charge in [0, 0.05) is 46.2 Å². The second-order valence-corrected chi connectivity index (χ2v) is 6.80. The summed E-state index contributed by atoms with van der Waals surface area (Å²) in [6.45, 7) is 4.33. The zero-order chi connectivity index (χ0) is 18.6. The topological polar surface area (TPSA) is 91.8 Å². The third kappa shape index (κ3) is 4.31. The van der Waals surface area contributed by atoms with E-state index in [1.165, 1.54) is 19.1 Å². The minimum absolute atomic E-state index is 0. The molecule has 4 heterocycles. The predicted octanol–water partition coefficient (Wildman–Crippen LogP) is 1.36. The number of aliphatic imine (C=N–C) groups is 1. The van der Waals surface area contributed by atoms with Gasteiger partial charge in [0.15, 0.2) is 17.5 Å². The number of carbonyl (C=O) groups excluding carboxylic acids is 1. The van der Waals surface area contributed by atoms with E-state index in [9.17, 15) is 4.79 Å². The van der Waals surface area contributed by atoms with Crippen molar-refractivity contribution in [1.29, 1.82) is 0 Å². The maximum absolute atomic E-state index is 12.4. The van der Waals surface area contributed by atoms with Crippen LogP contribution < -0.4 is 5.32 Å². The molecule has 9 nitrogen and oxygen atoms in total. The number of nitrogens with zero attached hydrogens (tertiary/aromatic N) is 6. The van der Waals surface area contributed by atoms with Gasteiger partial charge in [0.2, 0.25) is 0 Å². The summed E-state index contributed by atoms with van der Waals surface area (Å²) in [4.78, 5) is 20.8. The van der Waals surface area contributed by atoms with Crippen LogP contribution in [0.15, 0.2) is 27.8 Å². The van der Waals surface area contributed by atoms with Crippen LogP contribution in [0.3, 0.4) is 0 Å². The van der Waals surface area contributed by atoms with E-state index in [2.05, 4.69) is 30.0 Å². The SMILES string of the molecule is CN=C(NCc1nnc2n1CCCC2)N1CCN(C(=O)c2ccco2)CC1.I. The largest absolute Gasteiger partial charge is 0.459 e. The van der Waals surface area contributed by atoms with E-state index in [4.69, 9.17) is 4.42 Å². The van der Waals surface area contributed by atoms with Crippen molar-refractivity contribution in [3.05, 3.63) is 35.8 Å². The first-order valence-electron chi connectivity index (χ1n) is 9.45. The van der Waals surface area contributed by atoms with Gasteiger partial charge in [-0.05, 0) is 25.0 Å². The molecule has 152 valence electrons. The second-order valence-electron chi connectivity index (χ2n) is 6.80. The van der Waals surface area contributed by atoms with Gasteiger partial charge in [0.05, 0.1) is 12.8 Å². The Balaban J connectivity index is 0.00000225. The first kappa shape index (κ1) is 20.6. The maximum atomic E-state index is 12.4. The van der Waals surface area contributed by atoms with Crippen LogP contribution in [0.1, 0.15) is 35.0 Å². The molecule has 1 amide bonds. The highest BCUT2D eigenvalue weighted by molar-refractivity contribution is 14.0. The Kier molecular flexibility index (Phi) is 6.92. The van der Waals surface area contributed by atoms with Crippen molar-refractivity contribution in [1.82, 2.24) is 29.9 Å². The van der Waals surface area contributed by atoms with E-state index in [0.717, 1.165) is 43.7 Å². The number of hydrogen-bond donors (Lipinski definition) is 1. The monoisotopic (exact) mass is 499 g/mol. The number of furan rings is 1. The number of nitrogens with one attached hydrogen (secondary N) is 1. The van der Waals surface area contributed by atoms with Crippen molar-refractivity contribution in [2.45, 2.75) is 32.4 Å². The molecule has 0 spiro atoms. The van der Waals surface area contributed by atoms with Crippen LogP contribution in [-0.4, -0.2) is 69.7 Å². The lowest BCUT2D eigenvalue weighted by molar-refractivity contribution is 0.0657. The van der Waals surface area contributed by atoms with Gasteiger partial charge in [-0.15, -0.1) is 34.2 Å². The van der Waals surface area contributed by atoms with Gasteiger partial charge >= 0.3 is 0 Å². The molecule has 1 saturated heterocycles. The van der Waals surface area contributed by atoms with Crippen molar-refractivity contribution in [2.75, 3.05) is 33.2 Å². The molecule has 0 bridgehead atoms. The molecule has 4 rings (SSSR count). The van der Waals surface area contributed by atoms with E-state index in [0.29, 0.717) is 25.4 Å². The molecule has 2 aliphatic rings. The molecule has 0 aromatic carbocycles. The fourth-order valence-corrected chi connectivity index (χ4v) is 3.67. The van der Waals surface area contributed by atoms with E-state index < -0.39 is 0 Å². The highest BCUT2D eigenvalue weighted by Gasteiger charge is 2.25. The normalized spacial score (nSPS) is 17.1. The van der Waals surface area contributed by atoms with Crippen LogP contribution in [-0.2, 0) is 19.5 Å². The van der Waals surface area contributed by atoms with E-state index in [1.807, 2.05) is 4.90 Å². The molecule has 0 atom stereocenters. The molecule has 10 heteroatoms. The van der Waals surface area contributed by atoms with Gasteiger partial charge in [0.1, 0.15) is 5.82 Å². The van der Waals surface area contributed by atoms with Gasteiger partial charge < -0.3 is 24.1 Å². The highest BCUT2D eigenvalue weighted by Crippen LogP contribution is 2.14. The highest BCUT2D eigenvalue weighted by atomic mass is 127. The van der Waals surface area contributed by atoms with E-state index in [-0.39, 0.29) is 29.9 Å². The summed E-state index contributed by atoms with van der Waals surface area (Å²) in [5.74, 6) is 3.20. The van der Waals surface area contributed by atoms with E-state index >= 15 is 0 Å². The third-order valence-electron chi connectivity index (χ3n) is 5.15. The maximum Gasteiger partial charge on any atom is 0.289 e. The zero-order valence-corrected chi connectivity index (χ0v) is 18.3. The summed E-state index contributed by atoms with van der Waals surface area (Å²) < 4.78 is 7.43. The molecule has 0 radical (unpaired) electrons. The Hall–Kier alpha value is -2.11. The molecule has 2 aromatic heterocycles. The van der Waals surface area contributed by atoms with Crippen LogP contribution >= 0.6 is 24.0 Å². The molecule has 2 aromatic rings. The summed E-state index contributed by atoms with van der Waals surface area (Å²) in [6, 6.07) is 3.44. The summed E-state index contributed by atoms with van der Waals surface area (Å²) in [7, 11) is 1.78. The van der Waals surface area contributed by atoms with Crippen molar-refractivity contribution >= 4 is 35.8 Å². The number of hydrogen-bond acceptors (Lipinski definition) is 5. The predicted molar refractivity (Wildman–Crippen MR) is 115 cm³/mol. The van der Waals surface area contributed by atoms with Gasteiger partial charge in [-0.25, -0.2) is 0 Å². The second kappa shape index (κ2) is 9.39. The van der Waals surface area contributed by atoms with Gasteiger partial charge in [-0.2, -0.15) is 0 Å². The number of piperazine rings is 1. The molecule has 1 fully saturated rings. The quantitative estimate of drug-likeness (QED) is 0.390. The van der Waals surface area contributed by atoms with Crippen LogP contribution in [0, 0.1) is 0 Å². The number of fused-ring (bicyclic) bond motifs is 1. The van der Waals surface area contributed by atoms with Crippen molar-refractivity contribution < 1.29 is 9.21 Å². The fourth-order valence-electron chi connectivity index (χ4n) is 3.67. The Morgan fingerprint density at radius 1 is 1.18 bits per heavy atom. The van der Waals surface area contributed by atoms with Crippen LogP contribution in [0.2, 0.25) is 0 Å². The van der Waals surface area contributed by atoms with Crippen LogP contribution in [0.5, 0.6) is 0 Å². The summed E-state index contributed by atoms with van der Waals surface area (Å²) in [5.41, 5.74) is 0. The molecular formula is C18H26IN7O2. The lowest BCUT2D eigenvalue weighted by atomic mass is 10.2. The Labute approximate surface area is 181 Å². The minimum Gasteiger partial charge on any atom is -0.459 e. The number of halogens is 1. The Bertz CT molecular complexity index is 810. The smallest absolute Gasteiger partial charge is 0.289 e. The van der Waals surface area contributed by atoms with Crippen molar-refractivity contribution in [2.24, 2.45) is 4.99 Å². The zero-order valence-electron chi connectivity index (χ0n) is 16.0. The van der Waals surface area contributed by atoms with Gasteiger partial charge in [-0.3, -0.25) is 9.79 Å². The fraction of sp³-hybridized carbons (Fsp3) is 0.556. The lowest BCUT2D eigenvalue weighted by Crippen LogP contribution is -2.53. The standard InChI is InChI=1S/C18H25N7O2.HI/c1-19-18(20-13-16-22-21-15-6-2-3-7-25(15)16)24-10-8-23(9-11-24)17(26)14-5-4-12-27-14;/h4-5,12H,2-3,6-11,13H2,1H3,(H,19,20);1H. The summed E-state index contributed by atoms with van der Waals surface area (Å²) >= 11 is 0. The number of guanidine groups is 1. The van der Waals surface area contributed by atoms with Crippen molar-refractivity contribution in [3.8, 4) is 0 Å². The lowest BCUT2D eigenvalue weighted by Gasteiger charge is -2.36. The third-order valence-corrected chi connectivity index (χ3v) is 5.15. The summed E-state index contributed by atoms with van der Waals surface area (Å²) in [5, 5.41) is 12.0. The molecule has 0 unspecified atom stereocenters. The molecule has 28 heavy (non-hydrogen) atoms. The Morgan fingerprint density at radius 3 is 2.68 bits per heavy atom. The summed E-state index contributed by atoms with van der Waals surface area (Å²) in [6.07, 6.45) is 4.90. The first-order valence-corrected chi connectivity index (χ1v) is 9.45. The average molecular weight is 499 g/mol. The number of aryl methyl sites for hydroxylation is 1. The number of aromatic nitrogens is 3. The van der Waals surface area contributed by atoms with Crippen LogP contribution in [0.25, 0.3) is 0 Å². The van der Waals surface area contributed by atoms with E-state index in [1.54, 1.807) is 19.2 Å². The van der Waals surface area contributed by atoms with Crippen molar-refractivity contribution in [3.63, 3.8) is 0 Å². The molecule has 2 aliphatic heterocycles. The number of rotatable bonds is 3.